The van der Waals surface area contributed by atoms with Gasteiger partial charge in [-0.25, -0.2) is 4.98 Å². The van der Waals surface area contributed by atoms with Crippen molar-refractivity contribution in [3.63, 3.8) is 0 Å². The van der Waals surface area contributed by atoms with Crippen LogP contribution in [0.15, 0.2) is 18.3 Å². The van der Waals surface area contributed by atoms with E-state index in [1.165, 1.54) is 9.75 Å². The van der Waals surface area contributed by atoms with Crippen molar-refractivity contribution in [3.8, 4) is 10.6 Å². The molecule has 0 aliphatic carbocycles. The predicted octanol–water partition coefficient (Wildman–Crippen LogP) is 3.15. The third-order valence-electron chi connectivity index (χ3n) is 2.94. The van der Waals surface area contributed by atoms with E-state index in [2.05, 4.69) is 35.9 Å². The molecule has 2 aromatic rings. The molecule has 17 heavy (non-hydrogen) atoms. The highest BCUT2D eigenvalue weighted by Gasteiger charge is 2.10. The van der Waals surface area contributed by atoms with Gasteiger partial charge in [0.15, 0.2) is 0 Å². The fourth-order valence-electron chi connectivity index (χ4n) is 1.81. The van der Waals surface area contributed by atoms with Crippen molar-refractivity contribution in [1.29, 1.82) is 0 Å². The number of nitrogens with one attached hydrogen (secondary N) is 1. The van der Waals surface area contributed by atoms with E-state index in [4.69, 9.17) is 5.73 Å². The maximum Gasteiger partial charge on any atom is 0.109 e. The number of nitrogens with two attached hydrogens (primary N) is 1. The largest absolute Gasteiger partial charge is 0.341 e. The molecule has 0 bridgehead atoms. The Kier molecular flexibility index (Phi) is 3.97. The molecule has 0 saturated carbocycles. The minimum absolute atomic E-state index is 0.402. The van der Waals surface area contributed by atoms with Gasteiger partial charge in [0.05, 0.1) is 16.8 Å². The Bertz CT molecular complexity index is 472. The summed E-state index contributed by atoms with van der Waals surface area (Å²) in [7, 11) is 0. The zero-order valence-corrected chi connectivity index (χ0v) is 11.2. The van der Waals surface area contributed by atoms with E-state index >= 15 is 0 Å². The molecule has 0 radical (unpaired) electrons. The van der Waals surface area contributed by atoms with Gasteiger partial charge in [0, 0.05) is 10.8 Å². The van der Waals surface area contributed by atoms with E-state index < -0.39 is 0 Å². The summed E-state index contributed by atoms with van der Waals surface area (Å²) >= 11 is 1.83. The Morgan fingerprint density at radius 2 is 2.29 bits per heavy atom. The minimum Gasteiger partial charge on any atom is -0.341 e. The maximum atomic E-state index is 5.57. The summed E-state index contributed by atoms with van der Waals surface area (Å²) in [4.78, 5) is 10.5. The van der Waals surface area contributed by atoms with Crippen molar-refractivity contribution < 1.29 is 0 Å². The van der Waals surface area contributed by atoms with Gasteiger partial charge in [-0.15, -0.1) is 11.3 Å². The first-order valence-corrected chi connectivity index (χ1v) is 6.90. The quantitative estimate of drug-likeness (QED) is 0.855. The summed E-state index contributed by atoms with van der Waals surface area (Å²) < 4.78 is 0. The summed E-state index contributed by atoms with van der Waals surface area (Å²) in [6.07, 6.45) is 3.99. The van der Waals surface area contributed by atoms with Crippen LogP contribution in [0, 0.1) is 0 Å². The zero-order chi connectivity index (χ0) is 12.3. The SMILES string of the molecule is CCc1ccc(-c2cnc(C(C)CCN)[nH]2)s1. The third kappa shape index (κ3) is 2.76. The summed E-state index contributed by atoms with van der Waals surface area (Å²) in [5.41, 5.74) is 6.69. The fraction of sp³-hybridized carbons (Fsp3) is 0.462. The van der Waals surface area contributed by atoms with Gasteiger partial charge in [0.25, 0.3) is 0 Å². The number of nitrogens with zero attached hydrogens (tertiary/aromatic N) is 1. The molecule has 2 rings (SSSR count). The van der Waals surface area contributed by atoms with Crippen LogP contribution in [0.2, 0.25) is 0 Å². The van der Waals surface area contributed by atoms with Crippen molar-refractivity contribution >= 4 is 11.3 Å². The lowest BCUT2D eigenvalue weighted by molar-refractivity contribution is 0.655. The van der Waals surface area contributed by atoms with Gasteiger partial charge in [0.2, 0.25) is 0 Å². The Morgan fingerprint density at radius 3 is 2.94 bits per heavy atom. The highest BCUT2D eigenvalue weighted by Crippen LogP contribution is 2.28. The number of thiophene rings is 1. The van der Waals surface area contributed by atoms with E-state index in [1.807, 2.05) is 17.5 Å². The third-order valence-corrected chi connectivity index (χ3v) is 4.20. The molecular formula is C13H19N3S. The molecule has 1 unspecified atom stereocenters. The lowest BCUT2D eigenvalue weighted by atomic mass is 10.1. The predicted molar refractivity (Wildman–Crippen MR) is 73.4 cm³/mol. The van der Waals surface area contributed by atoms with Crippen molar-refractivity contribution in [2.45, 2.75) is 32.6 Å². The first-order valence-electron chi connectivity index (χ1n) is 6.08. The smallest absolute Gasteiger partial charge is 0.109 e. The number of aromatic nitrogens is 2. The van der Waals surface area contributed by atoms with Gasteiger partial charge in [-0.3, -0.25) is 0 Å². The molecule has 3 N–H and O–H groups in total. The summed E-state index contributed by atoms with van der Waals surface area (Å²) in [5.74, 6) is 1.44. The Hall–Kier alpha value is -1.13. The van der Waals surface area contributed by atoms with Crippen LogP contribution in [0.4, 0.5) is 0 Å². The van der Waals surface area contributed by atoms with Crippen LogP contribution in [0.25, 0.3) is 10.6 Å². The summed E-state index contributed by atoms with van der Waals surface area (Å²) in [6, 6.07) is 4.35. The number of hydrogen-bond donors (Lipinski definition) is 2. The van der Waals surface area contributed by atoms with Crippen molar-refractivity contribution in [2.24, 2.45) is 5.73 Å². The van der Waals surface area contributed by atoms with Crippen LogP contribution < -0.4 is 5.73 Å². The Morgan fingerprint density at radius 1 is 1.47 bits per heavy atom. The number of imidazole rings is 1. The second-order valence-corrected chi connectivity index (χ2v) is 5.45. The fourth-order valence-corrected chi connectivity index (χ4v) is 2.72. The Labute approximate surface area is 106 Å². The van der Waals surface area contributed by atoms with Gasteiger partial charge in [0.1, 0.15) is 5.82 Å². The maximum absolute atomic E-state index is 5.57. The van der Waals surface area contributed by atoms with E-state index in [9.17, 15) is 0 Å². The van der Waals surface area contributed by atoms with E-state index in [-0.39, 0.29) is 0 Å². The molecule has 92 valence electrons. The van der Waals surface area contributed by atoms with E-state index in [0.717, 1.165) is 24.4 Å². The lowest BCUT2D eigenvalue weighted by Gasteiger charge is -2.05. The molecule has 0 aliphatic rings. The number of aromatic amines is 1. The van der Waals surface area contributed by atoms with E-state index in [1.54, 1.807) is 0 Å². The lowest BCUT2D eigenvalue weighted by Crippen LogP contribution is -2.05. The number of rotatable bonds is 5. The normalized spacial score (nSPS) is 12.9. The molecule has 0 fully saturated rings. The molecule has 0 aliphatic heterocycles. The molecule has 3 nitrogen and oxygen atoms in total. The van der Waals surface area contributed by atoms with Gasteiger partial charge in [-0.05, 0) is 31.5 Å². The summed E-state index contributed by atoms with van der Waals surface area (Å²) in [5, 5.41) is 0. The minimum atomic E-state index is 0.402. The highest BCUT2D eigenvalue weighted by atomic mass is 32.1. The van der Waals surface area contributed by atoms with Gasteiger partial charge >= 0.3 is 0 Å². The summed E-state index contributed by atoms with van der Waals surface area (Å²) in [6.45, 7) is 5.04. The zero-order valence-electron chi connectivity index (χ0n) is 10.4. The molecule has 0 amide bonds. The Balaban J connectivity index is 2.17. The van der Waals surface area contributed by atoms with Crippen LogP contribution in [0.3, 0.4) is 0 Å². The molecule has 4 heteroatoms. The number of hydrogen-bond acceptors (Lipinski definition) is 3. The van der Waals surface area contributed by atoms with Crippen LogP contribution in [0.1, 0.15) is 36.9 Å². The standard InChI is InChI=1S/C13H19N3S/c1-3-10-4-5-12(17-10)11-8-15-13(16-11)9(2)6-7-14/h4-5,8-9H,3,6-7,14H2,1-2H3,(H,15,16). The topological polar surface area (TPSA) is 54.7 Å². The molecule has 0 saturated heterocycles. The molecule has 2 aromatic heterocycles. The van der Waals surface area contributed by atoms with Crippen LogP contribution in [-0.4, -0.2) is 16.5 Å². The average Bonchev–Trinajstić information content (AvgIpc) is 2.98. The second kappa shape index (κ2) is 5.47. The molecule has 2 heterocycles. The van der Waals surface area contributed by atoms with Crippen molar-refractivity contribution in [3.05, 3.63) is 29.0 Å². The average molecular weight is 249 g/mol. The molecule has 0 spiro atoms. The van der Waals surface area contributed by atoms with Crippen LogP contribution >= 0.6 is 11.3 Å². The van der Waals surface area contributed by atoms with Gasteiger partial charge < -0.3 is 10.7 Å². The van der Waals surface area contributed by atoms with E-state index in [0.29, 0.717) is 12.5 Å². The first kappa shape index (κ1) is 12.3. The first-order chi connectivity index (χ1) is 8.24. The van der Waals surface area contributed by atoms with Gasteiger partial charge in [-0.2, -0.15) is 0 Å². The van der Waals surface area contributed by atoms with Crippen LogP contribution in [-0.2, 0) is 6.42 Å². The molecule has 0 aromatic carbocycles. The van der Waals surface area contributed by atoms with Crippen LogP contribution in [0.5, 0.6) is 0 Å². The monoisotopic (exact) mass is 249 g/mol. The highest BCUT2D eigenvalue weighted by molar-refractivity contribution is 7.15. The second-order valence-electron chi connectivity index (χ2n) is 4.28. The molecule has 1 atom stereocenters. The van der Waals surface area contributed by atoms with Crippen molar-refractivity contribution in [1.82, 2.24) is 9.97 Å². The van der Waals surface area contributed by atoms with Crippen molar-refractivity contribution in [2.75, 3.05) is 6.54 Å². The number of aryl methyl sites for hydroxylation is 1. The van der Waals surface area contributed by atoms with Gasteiger partial charge in [-0.1, -0.05) is 13.8 Å². The number of H-pyrrole nitrogens is 1. The molecular weight excluding hydrogens is 230 g/mol.